The van der Waals surface area contributed by atoms with Crippen LogP contribution in [0.15, 0.2) is 0 Å². The van der Waals surface area contributed by atoms with Gasteiger partial charge in [0, 0.05) is 13.2 Å². The Morgan fingerprint density at radius 3 is 2.10 bits per heavy atom. The van der Waals surface area contributed by atoms with Gasteiger partial charge in [0.15, 0.2) is 0 Å². The molecule has 0 heterocycles. The molecule has 0 saturated heterocycles. The molecule has 3 atom stereocenters. The van der Waals surface area contributed by atoms with Gasteiger partial charge in [0.1, 0.15) is 0 Å². The molecule has 0 radical (unpaired) electrons. The highest BCUT2D eigenvalue weighted by atomic mass is 16.5. The molecule has 0 amide bonds. The molecule has 2 nitrogen and oxygen atoms in total. The highest BCUT2D eigenvalue weighted by molar-refractivity contribution is 4.66. The Morgan fingerprint density at radius 2 is 1.80 bits per heavy atom. The Bertz CT molecular complexity index is 83.3. The monoisotopic (exact) mass is 145 g/mol. The van der Waals surface area contributed by atoms with E-state index in [1.807, 2.05) is 6.92 Å². The van der Waals surface area contributed by atoms with E-state index in [-0.39, 0.29) is 6.04 Å². The van der Waals surface area contributed by atoms with Crippen LogP contribution in [0.3, 0.4) is 0 Å². The lowest BCUT2D eigenvalue weighted by atomic mass is 9.98. The summed E-state index contributed by atoms with van der Waals surface area (Å²) in [5.74, 6) is 0.551. The van der Waals surface area contributed by atoms with Crippen molar-refractivity contribution in [3.8, 4) is 0 Å². The number of hydrogen-bond donors (Lipinski definition) is 1. The van der Waals surface area contributed by atoms with E-state index in [4.69, 9.17) is 10.5 Å². The molecule has 2 heteroatoms. The van der Waals surface area contributed by atoms with Gasteiger partial charge < -0.3 is 10.5 Å². The topological polar surface area (TPSA) is 35.2 Å². The minimum atomic E-state index is 0.276. The van der Waals surface area contributed by atoms with E-state index < -0.39 is 0 Å². The average Bonchev–Trinajstić information content (AvgIpc) is 1.87. The van der Waals surface area contributed by atoms with Crippen LogP contribution in [0.4, 0.5) is 0 Å². The van der Waals surface area contributed by atoms with Gasteiger partial charge in [-0.15, -0.1) is 0 Å². The minimum absolute atomic E-state index is 0.276. The number of nitrogens with two attached hydrogens (primary N) is 1. The molecule has 0 rings (SSSR count). The number of ether oxygens (including phenoxy) is 1. The van der Waals surface area contributed by atoms with E-state index >= 15 is 0 Å². The van der Waals surface area contributed by atoms with Crippen molar-refractivity contribution < 1.29 is 4.74 Å². The highest BCUT2D eigenvalue weighted by Crippen LogP contribution is 2.10. The van der Waals surface area contributed by atoms with Gasteiger partial charge >= 0.3 is 0 Å². The van der Waals surface area contributed by atoms with Crippen LogP contribution in [0.5, 0.6) is 0 Å². The maximum atomic E-state index is 5.68. The third-order valence-electron chi connectivity index (χ3n) is 2.00. The van der Waals surface area contributed by atoms with Crippen LogP contribution >= 0.6 is 0 Å². The fourth-order valence-corrected chi connectivity index (χ4v) is 0.834. The van der Waals surface area contributed by atoms with Gasteiger partial charge in [0.05, 0.1) is 6.10 Å². The molecule has 3 unspecified atom stereocenters. The number of rotatable bonds is 4. The lowest BCUT2D eigenvalue weighted by Gasteiger charge is -2.18. The third kappa shape index (κ3) is 3.85. The summed E-state index contributed by atoms with van der Waals surface area (Å²) in [5.41, 5.74) is 5.68. The summed E-state index contributed by atoms with van der Waals surface area (Å²) in [7, 11) is 1.73. The van der Waals surface area contributed by atoms with Crippen molar-refractivity contribution in [2.75, 3.05) is 7.11 Å². The highest BCUT2D eigenvalue weighted by Gasteiger charge is 2.10. The van der Waals surface area contributed by atoms with Gasteiger partial charge in [-0.25, -0.2) is 0 Å². The zero-order valence-electron chi connectivity index (χ0n) is 7.42. The van der Waals surface area contributed by atoms with Crippen LogP contribution < -0.4 is 5.73 Å². The zero-order valence-corrected chi connectivity index (χ0v) is 7.42. The van der Waals surface area contributed by atoms with Crippen LogP contribution in [0.2, 0.25) is 0 Å². The maximum Gasteiger partial charge on any atom is 0.0546 e. The zero-order chi connectivity index (χ0) is 8.15. The second kappa shape index (κ2) is 4.69. The predicted octanol–water partition coefficient (Wildman–Crippen LogP) is 1.39. The molecule has 10 heavy (non-hydrogen) atoms. The lowest BCUT2D eigenvalue weighted by Crippen LogP contribution is -2.27. The molecule has 0 spiro atoms. The van der Waals surface area contributed by atoms with Crippen molar-refractivity contribution in [1.82, 2.24) is 0 Å². The molecule has 2 N–H and O–H groups in total. The van der Waals surface area contributed by atoms with Crippen molar-refractivity contribution in [2.24, 2.45) is 11.7 Å². The summed E-state index contributed by atoms with van der Waals surface area (Å²) in [6.07, 6.45) is 1.38. The first kappa shape index (κ1) is 9.92. The average molecular weight is 145 g/mol. The largest absolute Gasteiger partial charge is 0.382 e. The fraction of sp³-hybridized carbons (Fsp3) is 1.00. The van der Waals surface area contributed by atoms with E-state index in [0.29, 0.717) is 12.0 Å². The summed E-state index contributed by atoms with van der Waals surface area (Å²) in [6.45, 7) is 6.26. The summed E-state index contributed by atoms with van der Waals surface area (Å²) < 4.78 is 5.12. The van der Waals surface area contributed by atoms with Crippen molar-refractivity contribution in [1.29, 1.82) is 0 Å². The van der Waals surface area contributed by atoms with E-state index in [1.54, 1.807) is 7.11 Å². The second-order valence-corrected chi connectivity index (χ2v) is 3.12. The van der Waals surface area contributed by atoms with Crippen LogP contribution in [0.1, 0.15) is 27.2 Å². The van der Waals surface area contributed by atoms with E-state index in [2.05, 4.69) is 13.8 Å². The van der Waals surface area contributed by atoms with Crippen LogP contribution in [-0.2, 0) is 4.74 Å². The maximum absolute atomic E-state index is 5.68. The quantitative estimate of drug-likeness (QED) is 0.649. The Morgan fingerprint density at radius 1 is 1.30 bits per heavy atom. The molecular weight excluding hydrogens is 126 g/mol. The molecule has 62 valence electrons. The fourth-order valence-electron chi connectivity index (χ4n) is 0.834. The number of methoxy groups -OCH3 is 1. The van der Waals surface area contributed by atoms with Gasteiger partial charge in [-0.2, -0.15) is 0 Å². The molecule has 0 aromatic carbocycles. The molecule has 0 aliphatic carbocycles. The van der Waals surface area contributed by atoms with E-state index in [9.17, 15) is 0 Å². The van der Waals surface area contributed by atoms with Crippen molar-refractivity contribution >= 4 is 0 Å². The van der Waals surface area contributed by atoms with Gasteiger partial charge in [0.25, 0.3) is 0 Å². The van der Waals surface area contributed by atoms with Crippen molar-refractivity contribution in [2.45, 2.75) is 39.3 Å². The van der Waals surface area contributed by atoms with Gasteiger partial charge in [-0.3, -0.25) is 0 Å². The summed E-state index contributed by atoms with van der Waals surface area (Å²) in [5, 5.41) is 0. The predicted molar refractivity (Wildman–Crippen MR) is 43.9 cm³/mol. The molecule has 0 aliphatic heterocycles. The molecule has 0 fully saturated rings. The first-order valence-corrected chi connectivity index (χ1v) is 3.86. The Balaban J connectivity index is 3.46. The van der Waals surface area contributed by atoms with Crippen LogP contribution in [0.25, 0.3) is 0 Å². The molecule has 0 aromatic heterocycles. The molecule has 0 saturated carbocycles. The van der Waals surface area contributed by atoms with Crippen molar-refractivity contribution in [3.63, 3.8) is 0 Å². The van der Waals surface area contributed by atoms with Crippen LogP contribution in [-0.4, -0.2) is 19.3 Å². The van der Waals surface area contributed by atoms with E-state index in [0.717, 1.165) is 6.42 Å². The second-order valence-electron chi connectivity index (χ2n) is 3.12. The van der Waals surface area contributed by atoms with Gasteiger partial charge in [-0.05, 0) is 26.2 Å². The summed E-state index contributed by atoms with van der Waals surface area (Å²) >= 11 is 0. The molecular formula is C8H19NO. The first-order chi connectivity index (χ1) is 4.57. The van der Waals surface area contributed by atoms with E-state index in [1.165, 1.54) is 0 Å². The van der Waals surface area contributed by atoms with Gasteiger partial charge in [-0.1, -0.05) is 6.92 Å². The Labute approximate surface area is 63.7 Å². The Hall–Kier alpha value is -0.0800. The molecule has 0 aromatic rings. The Kier molecular flexibility index (Phi) is 4.65. The minimum Gasteiger partial charge on any atom is -0.382 e. The summed E-state index contributed by atoms with van der Waals surface area (Å²) in [4.78, 5) is 0. The first-order valence-electron chi connectivity index (χ1n) is 3.86. The van der Waals surface area contributed by atoms with Crippen LogP contribution in [0, 0.1) is 5.92 Å². The smallest absolute Gasteiger partial charge is 0.0546 e. The third-order valence-corrected chi connectivity index (χ3v) is 2.00. The lowest BCUT2D eigenvalue weighted by molar-refractivity contribution is 0.0943. The molecule has 0 aliphatic rings. The normalized spacial score (nSPS) is 20.1. The molecule has 0 bridgehead atoms. The van der Waals surface area contributed by atoms with Gasteiger partial charge in [0.2, 0.25) is 0 Å². The van der Waals surface area contributed by atoms with Crippen molar-refractivity contribution in [3.05, 3.63) is 0 Å². The SMILES string of the molecule is COC(C)CC(C)C(C)N. The standard InChI is InChI=1S/C8H19NO/c1-6(8(3)9)5-7(2)10-4/h6-8H,5,9H2,1-4H3. The summed E-state index contributed by atoms with van der Waals surface area (Å²) in [6, 6.07) is 0.276. The number of hydrogen-bond acceptors (Lipinski definition) is 2.